The Morgan fingerprint density at radius 1 is 1.09 bits per heavy atom. The SMILES string of the molecule is Nc1c2c(=O)[nH]c3ccccc3c2nn1-c1ccc(S)cc1. The van der Waals surface area contributed by atoms with E-state index in [0.717, 1.165) is 21.5 Å². The number of aromatic amines is 1. The zero-order valence-corrected chi connectivity index (χ0v) is 12.3. The first-order valence-electron chi connectivity index (χ1n) is 6.74. The van der Waals surface area contributed by atoms with Crippen LogP contribution in [0.4, 0.5) is 5.82 Å². The van der Waals surface area contributed by atoms with Crippen molar-refractivity contribution in [1.29, 1.82) is 0 Å². The van der Waals surface area contributed by atoms with Gasteiger partial charge in [0.05, 0.1) is 11.2 Å². The Morgan fingerprint density at radius 3 is 2.59 bits per heavy atom. The van der Waals surface area contributed by atoms with Gasteiger partial charge in [-0.2, -0.15) is 5.10 Å². The zero-order valence-electron chi connectivity index (χ0n) is 11.4. The maximum Gasteiger partial charge on any atom is 0.261 e. The normalized spacial score (nSPS) is 11.3. The third-order valence-electron chi connectivity index (χ3n) is 3.67. The van der Waals surface area contributed by atoms with Crippen molar-refractivity contribution in [2.24, 2.45) is 0 Å². The maximum atomic E-state index is 12.3. The van der Waals surface area contributed by atoms with Crippen LogP contribution in [0.3, 0.4) is 0 Å². The summed E-state index contributed by atoms with van der Waals surface area (Å²) in [5.41, 5.74) is 8.07. The van der Waals surface area contributed by atoms with Crippen LogP contribution < -0.4 is 11.3 Å². The number of para-hydroxylation sites is 1. The molecule has 0 bridgehead atoms. The molecule has 0 atom stereocenters. The van der Waals surface area contributed by atoms with Crippen molar-refractivity contribution >= 4 is 40.3 Å². The minimum atomic E-state index is -0.233. The summed E-state index contributed by atoms with van der Waals surface area (Å²) in [6, 6.07) is 15.0. The third kappa shape index (κ3) is 1.81. The number of thiol groups is 1. The molecular formula is C16H12N4OS. The number of hydrogen-bond donors (Lipinski definition) is 3. The Bertz CT molecular complexity index is 1060. The predicted molar refractivity (Wildman–Crippen MR) is 90.9 cm³/mol. The van der Waals surface area contributed by atoms with Crippen molar-refractivity contribution in [2.45, 2.75) is 4.90 Å². The van der Waals surface area contributed by atoms with Crippen molar-refractivity contribution in [3.63, 3.8) is 0 Å². The molecule has 0 saturated heterocycles. The molecular weight excluding hydrogens is 296 g/mol. The van der Waals surface area contributed by atoms with E-state index in [2.05, 4.69) is 22.7 Å². The molecule has 0 aliphatic heterocycles. The number of anilines is 1. The molecule has 4 aromatic rings. The number of benzene rings is 2. The van der Waals surface area contributed by atoms with E-state index in [0.29, 0.717) is 16.7 Å². The van der Waals surface area contributed by atoms with Gasteiger partial charge in [0.2, 0.25) is 0 Å². The monoisotopic (exact) mass is 308 g/mol. The largest absolute Gasteiger partial charge is 0.383 e. The van der Waals surface area contributed by atoms with Gasteiger partial charge in [0.15, 0.2) is 0 Å². The molecule has 108 valence electrons. The lowest BCUT2D eigenvalue weighted by molar-refractivity contribution is 0.907. The van der Waals surface area contributed by atoms with Crippen molar-refractivity contribution < 1.29 is 0 Å². The van der Waals surface area contributed by atoms with Crippen LogP contribution in [0.5, 0.6) is 0 Å². The van der Waals surface area contributed by atoms with Crippen molar-refractivity contribution in [3.05, 3.63) is 58.9 Å². The van der Waals surface area contributed by atoms with Gasteiger partial charge in [-0.15, -0.1) is 12.6 Å². The fourth-order valence-electron chi connectivity index (χ4n) is 2.62. The summed E-state index contributed by atoms with van der Waals surface area (Å²) in [5.74, 6) is 0.328. The van der Waals surface area contributed by atoms with Gasteiger partial charge in [0.1, 0.15) is 16.7 Å². The summed E-state index contributed by atoms with van der Waals surface area (Å²) < 4.78 is 1.58. The first kappa shape index (κ1) is 13.0. The first-order valence-corrected chi connectivity index (χ1v) is 7.18. The number of nitrogens with two attached hydrogens (primary N) is 1. The Balaban J connectivity index is 2.12. The number of fused-ring (bicyclic) bond motifs is 3. The van der Waals surface area contributed by atoms with Crippen molar-refractivity contribution in [2.75, 3.05) is 5.73 Å². The molecule has 0 amide bonds. The van der Waals surface area contributed by atoms with Crippen molar-refractivity contribution in [3.8, 4) is 5.69 Å². The van der Waals surface area contributed by atoms with E-state index >= 15 is 0 Å². The van der Waals surface area contributed by atoms with E-state index in [-0.39, 0.29) is 5.56 Å². The average Bonchev–Trinajstić information content (AvgIpc) is 2.87. The highest BCUT2D eigenvalue weighted by Crippen LogP contribution is 2.26. The van der Waals surface area contributed by atoms with E-state index in [1.165, 1.54) is 0 Å². The fourth-order valence-corrected chi connectivity index (χ4v) is 2.77. The fraction of sp³-hybridized carbons (Fsp3) is 0. The number of aromatic nitrogens is 3. The van der Waals surface area contributed by atoms with Gasteiger partial charge in [-0.3, -0.25) is 4.79 Å². The average molecular weight is 308 g/mol. The van der Waals surface area contributed by atoms with Crippen molar-refractivity contribution in [1.82, 2.24) is 14.8 Å². The van der Waals surface area contributed by atoms with Crippen LogP contribution in [0.25, 0.3) is 27.5 Å². The lowest BCUT2D eigenvalue weighted by Gasteiger charge is -2.03. The summed E-state index contributed by atoms with van der Waals surface area (Å²) in [6.45, 7) is 0. The van der Waals surface area contributed by atoms with E-state index in [1.807, 2.05) is 48.5 Å². The second kappa shape index (κ2) is 4.64. The summed E-state index contributed by atoms with van der Waals surface area (Å²) in [4.78, 5) is 16.0. The molecule has 4 rings (SSSR count). The molecule has 0 saturated carbocycles. The van der Waals surface area contributed by atoms with Crippen LogP contribution in [-0.2, 0) is 0 Å². The Hall–Kier alpha value is -2.73. The topological polar surface area (TPSA) is 76.7 Å². The number of rotatable bonds is 1. The van der Waals surface area contributed by atoms with Gasteiger partial charge in [-0.05, 0) is 30.3 Å². The standard InChI is InChI=1S/C16H12N4OS/c17-15-13-14(11-3-1-2-4-12(11)18-16(13)21)19-20(15)9-5-7-10(22)8-6-9/h1-8,22H,17H2,(H,18,21). The number of nitrogens with zero attached hydrogens (tertiary/aromatic N) is 2. The Kier molecular flexibility index (Phi) is 2.74. The summed E-state index contributed by atoms with van der Waals surface area (Å²) in [6.07, 6.45) is 0. The van der Waals surface area contributed by atoms with Crippen LogP contribution >= 0.6 is 12.6 Å². The van der Waals surface area contributed by atoms with Crippen LogP contribution in [0.2, 0.25) is 0 Å². The molecule has 2 aromatic carbocycles. The molecule has 0 aliphatic rings. The van der Waals surface area contributed by atoms with Crippen LogP contribution in [0.15, 0.2) is 58.2 Å². The zero-order chi connectivity index (χ0) is 15.3. The number of nitrogens with one attached hydrogen (secondary N) is 1. The smallest absolute Gasteiger partial charge is 0.261 e. The summed E-state index contributed by atoms with van der Waals surface area (Å²) in [5, 5.41) is 5.83. The van der Waals surface area contributed by atoms with Gasteiger partial charge in [-0.1, -0.05) is 18.2 Å². The quantitative estimate of drug-likeness (QED) is 0.473. The van der Waals surface area contributed by atoms with Crippen LogP contribution in [0.1, 0.15) is 0 Å². The minimum Gasteiger partial charge on any atom is -0.383 e. The summed E-state index contributed by atoms with van der Waals surface area (Å²) in [7, 11) is 0. The molecule has 0 fully saturated rings. The molecule has 2 heterocycles. The van der Waals surface area contributed by atoms with E-state index in [1.54, 1.807) is 4.68 Å². The van der Waals surface area contributed by atoms with E-state index in [9.17, 15) is 4.79 Å². The lowest BCUT2D eigenvalue weighted by atomic mass is 10.1. The van der Waals surface area contributed by atoms with Gasteiger partial charge >= 0.3 is 0 Å². The van der Waals surface area contributed by atoms with Gasteiger partial charge in [-0.25, -0.2) is 4.68 Å². The molecule has 2 aromatic heterocycles. The number of pyridine rings is 1. The molecule has 0 aliphatic carbocycles. The summed E-state index contributed by atoms with van der Waals surface area (Å²) >= 11 is 4.27. The predicted octanol–water partition coefficient (Wildman–Crippen LogP) is 2.74. The maximum absolute atomic E-state index is 12.3. The molecule has 3 N–H and O–H groups in total. The van der Waals surface area contributed by atoms with E-state index in [4.69, 9.17) is 5.73 Å². The highest BCUT2D eigenvalue weighted by Gasteiger charge is 2.16. The lowest BCUT2D eigenvalue weighted by Crippen LogP contribution is -2.08. The van der Waals surface area contributed by atoms with E-state index < -0.39 is 0 Å². The minimum absolute atomic E-state index is 0.233. The molecule has 6 heteroatoms. The van der Waals surface area contributed by atoms with Gasteiger partial charge in [0, 0.05) is 10.3 Å². The second-order valence-corrected chi connectivity index (χ2v) is 5.55. The van der Waals surface area contributed by atoms with Gasteiger partial charge < -0.3 is 10.7 Å². The molecule has 0 radical (unpaired) electrons. The number of hydrogen-bond acceptors (Lipinski definition) is 4. The number of H-pyrrole nitrogens is 1. The van der Waals surface area contributed by atoms with Crippen LogP contribution in [-0.4, -0.2) is 14.8 Å². The second-order valence-electron chi connectivity index (χ2n) is 5.04. The Labute approximate surface area is 130 Å². The molecule has 22 heavy (non-hydrogen) atoms. The number of nitrogen functional groups attached to an aromatic ring is 1. The first-order chi connectivity index (χ1) is 10.6. The third-order valence-corrected chi connectivity index (χ3v) is 3.97. The molecule has 5 nitrogen and oxygen atoms in total. The highest BCUT2D eigenvalue weighted by molar-refractivity contribution is 7.80. The molecule has 0 unspecified atom stereocenters. The molecule has 0 spiro atoms. The highest BCUT2D eigenvalue weighted by atomic mass is 32.1. The Morgan fingerprint density at radius 2 is 1.82 bits per heavy atom. The van der Waals surface area contributed by atoms with Gasteiger partial charge in [0.25, 0.3) is 5.56 Å². The van der Waals surface area contributed by atoms with Crippen LogP contribution in [0, 0.1) is 0 Å².